The van der Waals surface area contributed by atoms with Crippen molar-refractivity contribution in [2.75, 3.05) is 29.9 Å². The second kappa shape index (κ2) is 9.15. The Labute approximate surface area is 171 Å². The van der Waals surface area contributed by atoms with E-state index in [1.807, 2.05) is 4.90 Å². The number of carbonyl (C=O) groups is 2. The molecule has 0 bridgehead atoms. The van der Waals surface area contributed by atoms with E-state index < -0.39 is 35.9 Å². The summed E-state index contributed by atoms with van der Waals surface area (Å²) < 4.78 is 52.5. The molecule has 0 atom stereocenters. The Hall–Kier alpha value is -3.10. The Morgan fingerprint density at radius 1 is 1.00 bits per heavy atom. The molecule has 5 nitrogen and oxygen atoms in total. The van der Waals surface area contributed by atoms with Crippen molar-refractivity contribution in [3.8, 4) is 0 Å². The molecule has 0 radical (unpaired) electrons. The molecule has 1 fully saturated rings. The van der Waals surface area contributed by atoms with Gasteiger partial charge in [-0.2, -0.15) is 13.2 Å². The van der Waals surface area contributed by atoms with Gasteiger partial charge in [0.05, 0.1) is 29.9 Å². The van der Waals surface area contributed by atoms with Gasteiger partial charge >= 0.3 is 6.18 Å². The molecule has 1 aliphatic rings. The van der Waals surface area contributed by atoms with Crippen LogP contribution in [0, 0.1) is 5.82 Å². The van der Waals surface area contributed by atoms with E-state index in [1.165, 1.54) is 24.3 Å². The molecular formula is C21H21F4N3O2. The van der Waals surface area contributed by atoms with Crippen molar-refractivity contribution in [3.05, 3.63) is 59.4 Å². The Morgan fingerprint density at radius 2 is 1.73 bits per heavy atom. The number of halogens is 4. The van der Waals surface area contributed by atoms with Crippen LogP contribution < -0.4 is 15.5 Å². The van der Waals surface area contributed by atoms with Gasteiger partial charge in [0.25, 0.3) is 0 Å². The lowest BCUT2D eigenvalue weighted by Crippen LogP contribution is -2.34. The van der Waals surface area contributed by atoms with Crippen LogP contribution in [-0.4, -0.2) is 31.4 Å². The Morgan fingerprint density at radius 3 is 2.40 bits per heavy atom. The van der Waals surface area contributed by atoms with Crippen LogP contribution in [0.1, 0.15) is 24.0 Å². The van der Waals surface area contributed by atoms with E-state index in [4.69, 9.17) is 0 Å². The summed E-state index contributed by atoms with van der Waals surface area (Å²) in [5.74, 6) is -1.63. The minimum atomic E-state index is -4.54. The SMILES string of the molecule is O=C(Cc1cccc(F)c1)NCC(=O)Nc1cc(C(F)(F)F)ccc1N1CCCC1. The van der Waals surface area contributed by atoms with Crippen molar-refractivity contribution in [1.29, 1.82) is 0 Å². The van der Waals surface area contributed by atoms with E-state index in [2.05, 4.69) is 10.6 Å². The molecule has 0 saturated carbocycles. The van der Waals surface area contributed by atoms with Crippen molar-refractivity contribution in [3.63, 3.8) is 0 Å². The fourth-order valence-corrected chi connectivity index (χ4v) is 3.31. The van der Waals surface area contributed by atoms with Crippen LogP contribution >= 0.6 is 0 Å². The smallest absolute Gasteiger partial charge is 0.370 e. The van der Waals surface area contributed by atoms with E-state index in [1.54, 1.807) is 6.07 Å². The average Bonchev–Trinajstić information content (AvgIpc) is 3.20. The first-order valence-corrected chi connectivity index (χ1v) is 9.49. The summed E-state index contributed by atoms with van der Waals surface area (Å²) in [6.07, 6.45) is -2.81. The number of benzene rings is 2. The number of nitrogens with one attached hydrogen (secondary N) is 2. The number of carbonyl (C=O) groups excluding carboxylic acids is 2. The van der Waals surface area contributed by atoms with Crippen LogP contribution in [0.2, 0.25) is 0 Å². The van der Waals surface area contributed by atoms with Crippen LogP contribution in [0.25, 0.3) is 0 Å². The number of hydrogen-bond acceptors (Lipinski definition) is 3. The van der Waals surface area contributed by atoms with Crippen molar-refractivity contribution >= 4 is 23.2 Å². The molecule has 9 heteroatoms. The van der Waals surface area contributed by atoms with Gasteiger partial charge in [-0.25, -0.2) is 4.39 Å². The van der Waals surface area contributed by atoms with Gasteiger partial charge in [-0.15, -0.1) is 0 Å². The zero-order valence-corrected chi connectivity index (χ0v) is 16.1. The summed E-state index contributed by atoms with van der Waals surface area (Å²) in [5.41, 5.74) is 0.147. The van der Waals surface area contributed by atoms with E-state index in [0.717, 1.165) is 25.0 Å². The Bertz CT molecular complexity index is 925. The summed E-state index contributed by atoms with van der Waals surface area (Å²) in [6.45, 7) is 0.973. The number of hydrogen-bond donors (Lipinski definition) is 2. The third-order valence-electron chi connectivity index (χ3n) is 4.74. The summed E-state index contributed by atoms with van der Waals surface area (Å²) in [6, 6.07) is 8.76. The predicted octanol–water partition coefficient (Wildman–Crippen LogP) is 3.74. The molecule has 3 rings (SSSR count). The first kappa shape index (κ1) is 21.6. The maximum Gasteiger partial charge on any atom is 0.416 e. The molecule has 1 aliphatic heterocycles. The van der Waals surface area contributed by atoms with Gasteiger partial charge in [0.2, 0.25) is 11.8 Å². The highest BCUT2D eigenvalue weighted by molar-refractivity contribution is 5.97. The maximum absolute atomic E-state index is 13.2. The van der Waals surface area contributed by atoms with Gasteiger partial charge in [0.15, 0.2) is 0 Å². The van der Waals surface area contributed by atoms with Gasteiger partial charge in [-0.3, -0.25) is 9.59 Å². The maximum atomic E-state index is 13.2. The minimum Gasteiger partial charge on any atom is -0.370 e. The topological polar surface area (TPSA) is 61.4 Å². The molecule has 0 spiro atoms. The van der Waals surface area contributed by atoms with Crippen LogP contribution in [0.5, 0.6) is 0 Å². The molecule has 2 N–H and O–H groups in total. The van der Waals surface area contributed by atoms with E-state index in [9.17, 15) is 27.2 Å². The lowest BCUT2D eigenvalue weighted by atomic mass is 10.1. The standard InChI is InChI=1S/C21H21F4N3O2/c22-16-5-3-4-14(10-16)11-19(29)26-13-20(30)27-17-12-15(21(23,24)25)6-7-18(17)28-8-1-2-9-28/h3-7,10,12H,1-2,8-9,11,13H2,(H,26,29)(H,27,30). The predicted molar refractivity (Wildman–Crippen MR) is 105 cm³/mol. The molecule has 30 heavy (non-hydrogen) atoms. The van der Waals surface area contributed by atoms with Crippen molar-refractivity contribution in [2.24, 2.45) is 0 Å². The summed E-state index contributed by atoms with van der Waals surface area (Å²) in [5, 5.41) is 4.87. The lowest BCUT2D eigenvalue weighted by molar-refractivity contribution is -0.137. The normalized spacial score (nSPS) is 13.9. The highest BCUT2D eigenvalue weighted by atomic mass is 19.4. The fourth-order valence-electron chi connectivity index (χ4n) is 3.31. The molecule has 160 valence electrons. The Kier molecular flexibility index (Phi) is 6.59. The molecular weight excluding hydrogens is 402 g/mol. The minimum absolute atomic E-state index is 0.0519. The summed E-state index contributed by atoms with van der Waals surface area (Å²) >= 11 is 0. The number of anilines is 2. The van der Waals surface area contributed by atoms with Crippen LogP contribution in [-0.2, 0) is 22.2 Å². The van der Waals surface area contributed by atoms with Gasteiger partial charge < -0.3 is 15.5 Å². The van der Waals surface area contributed by atoms with E-state index in [0.29, 0.717) is 24.3 Å². The third kappa shape index (κ3) is 5.71. The third-order valence-corrected chi connectivity index (χ3v) is 4.74. The van der Waals surface area contributed by atoms with Crippen molar-refractivity contribution in [2.45, 2.75) is 25.4 Å². The Balaban J connectivity index is 1.65. The molecule has 2 aromatic rings. The van der Waals surface area contributed by atoms with E-state index >= 15 is 0 Å². The van der Waals surface area contributed by atoms with Crippen LogP contribution in [0.3, 0.4) is 0 Å². The average molecular weight is 423 g/mol. The zero-order chi connectivity index (χ0) is 21.7. The highest BCUT2D eigenvalue weighted by Gasteiger charge is 2.32. The van der Waals surface area contributed by atoms with Crippen LogP contribution in [0.15, 0.2) is 42.5 Å². The number of rotatable bonds is 6. The molecule has 0 unspecified atom stereocenters. The van der Waals surface area contributed by atoms with Gasteiger partial charge in [0.1, 0.15) is 5.82 Å². The number of nitrogens with zero attached hydrogens (tertiary/aromatic N) is 1. The first-order chi connectivity index (χ1) is 14.2. The molecule has 0 aromatic heterocycles. The van der Waals surface area contributed by atoms with Crippen LogP contribution in [0.4, 0.5) is 28.9 Å². The quantitative estimate of drug-likeness (QED) is 0.696. The number of amides is 2. The monoisotopic (exact) mass is 423 g/mol. The molecule has 2 amide bonds. The molecule has 1 saturated heterocycles. The van der Waals surface area contributed by atoms with Crippen molar-refractivity contribution < 1.29 is 27.2 Å². The second-order valence-electron chi connectivity index (χ2n) is 7.06. The first-order valence-electron chi connectivity index (χ1n) is 9.49. The molecule has 0 aliphatic carbocycles. The van der Waals surface area contributed by atoms with Gasteiger partial charge in [0, 0.05) is 13.1 Å². The molecule has 2 aromatic carbocycles. The lowest BCUT2D eigenvalue weighted by Gasteiger charge is -2.23. The van der Waals surface area contributed by atoms with Crippen molar-refractivity contribution in [1.82, 2.24) is 5.32 Å². The highest BCUT2D eigenvalue weighted by Crippen LogP contribution is 2.36. The summed E-state index contributed by atoms with van der Waals surface area (Å²) in [4.78, 5) is 26.2. The summed E-state index contributed by atoms with van der Waals surface area (Å²) in [7, 11) is 0. The zero-order valence-electron chi connectivity index (χ0n) is 16.1. The van der Waals surface area contributed by atoms with Gasteiger partial charge in [-0.1, -0.05) is 12.1 Å². The second-order valence-corrected chi connectivity index (χ2v) is 7.06. The van der Waals surface area contributed by atoms with E-state index in [-0.39, 0.29) is 12.1 Å². The van der Waals surface area contributed by atoms with Gasteiger partial charge in [-0.05, 0) is 48.7 Å². The number of alkyl halides is 3. The molecule has 1 heterocycles. The largest absolute Gasteiger partial charge is 0.416 e. The fraction of sp³-hybridized carbons (Fsp3) is 0.333.